The lowest BCUT2D eigenvalue weighted by molar-refractivity contribution is -0.116. The molecule has 0 bridgehead atoms. The number of hydrogen-bond acceptors (Lipinski definition) is 7. The highest BCUT2D eigenvalue weighted by molar-refractivity contribution is 8.00. The number of carbonyl (C=O) groups excluding carboxylic acids is 1. The first kappa shape index (κ1) is 23.6. The molecule has 1 fully saturated rings. The van der Waals surface area contributed by atoms with Crippen molar-refractivity contribution in [2.75, 3.05) is 50.4 Å². The molecule has 0 saturated carbocycles. The molecule has 1 amide bonds. The fourth-order valence-corrected chi connectivity index (χ4v) is 6.94. The fourth-order valence-electron chi connectivity index (χ4n) is 3.74. The minimum atomic E-state index is -3.54. The Morgan fingerprint density at radius 2 is 1.88 bits per heavy atom. The molecule has 0 N–H and O–H groups in total. The molecule has 7 nitrogen and oxygen atoms in total. The molecule has 1 saturated heterocycles. The Kier molecular flexibility index (Phi) is 7.46. The summed E-state index contributed by atoms with van der Waals surface area (Å²) in [4.78, 5) is 22.6. The topological polar surface area (TPSA) is 73.8 Å². The molecule has 2 aromatic rings. The molecule has 1 aromatic carbocycles. The first-order chi connectivity index (χ1) is 15.3. The summed E-state index contributed by atoms with van der Waals surface area (Å²) in [6, 6.07) is 11.3. The largest absolute Gasteiger partial charge is 0.311 e. The highest BCUT2D eigenvalue weighted by Crippen LogP contribution is 2.37. The van der Waals surface area contributed by atoms with Gasteiger partial charge in [-0.25, -0.2) is 13.4 Å². The summed E-state index contributed by atoms with van der Waals surface area (Å²) in [6.07, 6.45) is 2.34. The smallest absolute Gasteiger partial charge is 0.244 e. The average molecular weight is 493 g/mol. The van der Waals surface area contributed by atoms with Gasteiger partial charge in [0, 0.05) is 49.1 Å². The van der Waals surface area contributed by atoms with Crippen LogP contribution in [-0.2, 0) is 14.8 Å². The van der Waals surface area contributed by atoms with Crippen LogP contribution in [0.5, 0.6) is 0 Å². The quantitative estimate of drug-likeness (QED) is 0.594. The van der Waals surface area contributed by atoms with Crippen LogP contribution in [-0.4, -0.2) is 79.3 Å². The highest BCUT2D eigenvalue weighted by atomic mass is 32.2. The summed E-state index contributed by atoms with van der Waals surface area (Å²) in [5, 5.41) is 1.10. The molecule has 3 heterocycles. The number of anilines is 1. The first-order valence-electron chi connectivity index (χ1n) is 10.7. The van der Waals surface area contributed by atoms with E-state index < -0.39 is 10.0 Å². The Bertz CT molecular complexity index is 1050. The number of likely N-dealkylation sites (N-methyl/N-ethyl adjacent to an activating group) is 1. The van der Waals surface area contributed by atoms with Gasteiger partial charge in [-0.3, -0.25) is 4.79 Å². The van der Waals surface area contributed by atoms with Gasteiger partial charge < -0.3 is 9.80 Å². The third-order valence-corrected chi connectivity index (χ3v) is 9.75. The molecule has 1 aromatic heterocycles. The maximum Gasteiger partial charge on any atom is 0.244 e. The van der Waals surface area contributed by atoms with Crippen LogP contribution in [0, 0.1) is 0 Å². The zero-order valence-corrected chi connectivity index (χ0v) is 20.8. The molecule has 0 spiro atoms. The Hall–Kier alpha value is -1.59. The van der Waals surface area contributed by atoms with Gasteiger partial charge in [0.2, 0.25) is 15.9 Å². The zero-order valence-electron chi connectivity index (χ0n) is 18.3. The van der Waals surface area contributed by atoms with E-state index in [0.29, 0.717) is 29.9 Å². The van der Waals surface area contributed by atoms with E-state index >= 15 is 0 Å². The Morgan fingerprint density at radius 1 is 1.12 bits per heavy atom. The summed E-state index contributed by atoms with van der Waals surface area (Å²) >= 11 is 3.14. The monoisotopic (exact) mass is 492 g/mol. The Morgan fingerprint density at radius 3 is 2.59 bits per heavy atom. The van der Waals surface area contributed by atoms with E-state index in [1.54, 1.807) is 12.1 Å². The summed E-state index contributed by atoms with van der Waals surface area (Å²) < 4.78 is 27.2. The van der Waals surface area contributed by atoms with E-state index in [0.717, 1.165) is 30.1 Å². The van der Waals surface area contributed by atoms with Gasteiger partial charge >= 0.3 is 0 Å². The first-order valence-corrected chi connectivity index (χ1v) is 14.0. The minimum Gasteiger partial charge on any atom is -0.311 e. The average Bonchev–Trinajstić information content (AvgIpc) is 2.96. The van der Waals surface area contributed by atoms with Crippen molar-refractivity contribution in [3.63, 3.8) is 0 Å². The van der Waals surface area contributed by atoms with E-state index in [-0.39, 0.29) is 16.6 Å². The zero-order chi connectivity index (χ0) is 22.7. The third-order valence-electron chi connectivity index (χ3n) is 5.70. The summed E-state index contributed by atoms with van der Waals surface area (Å²) in [7, 11) is -1.55. The van der Waals surface area contributed by atoms with Crippen molar-refractivity contribution in [2.45, 2.75) is 33.4 Å². The minimum absolute atomic E-state index is 0.0353. The van der Waals surface area contributed by atoms with Crippen LogP contribution in [0.2, 0.25) is 0 Å². The van der Waals surface area contributed by atoms with Gasteiger partial charge in [-0.1, -0.05) is 30.8 Å². The van der Waals surface area contributed by atoms with Gasteiger partial charge in [-0.05, 0) is 37.7 Å². The lowest BCUT2D eigenvalue weighted by Crippen LogP contribution is -2.47. The second kappa shape index (κ2) is 10.1. The number of piperazine rings is 1. The van der Waals surface area contributed by atoms with Gasteiger partial charge in [0.05, 0.1) is 16.5 Å². The molecule has 2 aliphatic heterocycles. The van der Waals surface area contributed by atoms with Gasteiger partial charge in [0.15, 0.2) is 0 Å². The number of fused-ring (bicyclic) bond motifs is 1. The van der Waals surface area contributed by atoms with Crippen molar-refractivity contribution in [3.8, 4) is 0 Å². The summed E-state index contributed by atoms with van der Waals surface area (Å²) in [5.41, 5.74) is 0.967. The standard InChI is InChI=1S/C22H28N4O3S3/c1-17-9-10-26(19-5-3-4-6-20(19)31-17)22(27)16-30-21-8-7-18(15-23-21)32(28,29)25-13-11-24(2)12-14-25/h3-8,15,17H,9-14,16H2,1-2H3. The Labute approximate surface area is 198 Å². The van der Waals surface area contributed by atoms with E-state index in [4.69, 9.17) is 0 Å². The molecule has 0 radical (unpaired) electrons. The van der Waals surface area contributed by atoms with Crippen molar-refractivity contribution in [1.82, 2.24) is 14.2 Å². The molecule has 32 heavy (non-hydrogen) atoms. The number of thioether (sulfide) groups is 2. The number of benzene rings is 1. The highest BCUT2D eigenvalue weighted by Gasteiger charge is 2.28. The van der Waals surface area contributed by atoms with Gasteiger partial charge in [-0.15, -0.1) is 11.8 Å². The summed E-state index contributed by atoms with van der Waals surface area (Å²) in [6.45, 7) is 5.29. The number of carbonyl (C=O) groups is 1. The fraction of sp³-hybridized carbons (Fsp3) is 0.455. The van der Waals surface area contributed by atoms with Crippen molar-refractivity contribution in [2.24, 2.45) is 0 Å². The SMILES string of the molecule is CC1CCN(C(=O)CSc2ccc(S(=O)(=O)N3CCN(C)CC3)cn2)c2ccccc2S1. The molecule has 1 unspecified atom stereocenters. The molecular weight excluding hydrogens is 464 g/mol. The van der Waals surface area contributed by atoms with Crippen LogP contribution < -0.4 is 4.90 Å². The number of sulfonamides is 1. The number of amides is 1. The van der Waals surface area contributed by atoms with Gasteiger partial charge in [-0.2, -0.15) is 4.31 Å². The van der Waals surface area contributed by atoms with Crippen LogP contribution in [0.4, 0.5) is 5.69 Å². The van der Waals surface area contributed by atoms with Crippen LogP contribution in [0.15, 0.2) is 57.4 Å². The van der Waals surface area contributed by atoms with E-state index in [2.05, 4.69) is 22.9 Å². The van der Waals surface area contributed by atoms with Crippen molar-refractivity contribution < 1.29 is 13.2 Å². The third kappa shape index (κ3) is 5.31. The number of pyridine rings is 1. The number of para-hydroxylation sites is 1. The number of rotatable bonds is 5. The lowest BCUT2D eigenvalue weighted by atomic mass is 10.2. The van der Waals surface area contributed by atoms with Crippen molar-refractivity contribution in [3.05, 3.63) is 42.6 Å². The predicted octanol–water partition coefficient (Wildman–Crippen LogP) is 3.03. The molecule has 0 aliphatic carbocycles. The molecular formula is C22H28N4O3S3. The number of nitrogens with zero attached hydrogens (tertiary/aromatic N) is 4. The number of aromatic nitrogens is 1. The van der Waals surface area contributed by atoms with Crippen LogP contribution in [0.1, 0.15) is 13.3 Å². The maximum atomic E-state index is 13.0. The van der Waals surface area contributed by atoms with Crippen molar-refractivity contribution in [1.29, 1.82) is 0 Å². The lowest BCUT2D eigenvalue weighted by Gasteiger charge is -2.31. The molecule has 10 heteroatoms. The second-order valence-corrected chi connectivity index (χ2v) is 12.5. The van der Waals surface area contributed by atoms with E-state index in [9.17, 15) is 13.2 Å². The van der Waals surface area contributed by atoms with E-state index in [1.807, 2.05) is 41.9 Å². The van der Waals surface area contributed by atoms with Crippen LogP contribution in [0.3, 0.4) is 0 Å². The molecule has 4 rings (SSSR count). The Balaban J connectivity index is 1.40. The van der Waals surface area contributed by atoms with Crippen LogP contribution in [0.25, 0.3) is 0 Å². The molecule has 2 aliphatic rings. The van der Waals surface area contributed by atoms with Crippen molar-refractivity contribution >= 4 is 45.1 Å². The summed E-state index contributed by atoms with van der Waals surface area (Å²) in [5.74, 6) is 0.290. The van der Waals surface area contributed by atoms with Gasteiger partial charge in [0.25, 0.3) is 0 Å². The van der Waals surface area contributed by atoms with Crippen LogP contribution >= 0.6 is 23.5 Å². The normalized spacial score (nSPS) is 20.6. The predicted molar refractivity (Wildman–Crippen MR) is 130 cm³/mol. The van der Waals surface area contributed by atoms with Gasteiger partial charge in [0.1, 0.15) is 4.90 Å². The second-order valence-electron chi connectivity index (χ2n) is 8.06. The maximum absolute atomic E-state index is 13.0. The molecule has 1 atom stereocenters. The molecule has 172 valence electrons. The van der Waals surface area contributed by atoms with E-state index in [1.165, 1.54) is 22.3 Å². The number of hydrogen-bond donors (Lipinski definition) is 0.